The molecule has 0 aromatic heterocycles. The van der Waals surface area contributed by atoms with Gasteiger partial charge in [-0.1, -0.05) is 44.9 Å². The maximum absolute atomic E-state index is 5.66. The van der Waals surface area contributed by atoms with Gasteiger partial charge in [0, 0.05) is 6.04 Å². The first kappa shape index (κ1) is 15.0. The van der Waals surface area contributed by atoms with Crippen LogP contribution in [-0.4, -0.2) is 19.2 Å². The summed E-state index contributed by atoms with van der Waals surface area (Å²) in [7, 11) is 0. The van der Waals surface area contributed by atoms with Crippen LogP contribution in [0.3, 0.4) is 0 Å². The van der Waals surface area contributed by atoms with Gasteiger partial charge in [0.15, 0.2) is 0 Å². The van der Waals surface area contributed by atoms with Gasteiger partial charge in [-0.15, -0.1) is 0 Å². The first-order valence-electron chi connectivity index (χ1n) is 7.28. The first-order chi connectivity index (χ1) is 8.86. The van der Waals surface area contributed by atoms with E-state index in [0.29, 0.717) is 6.04 Å². The summed E-state index contributed by atoms with van der Waals surface area (Å²) in [5, 5.41) is 3.61. The van der Waals surface area contributed by atoms with Gasteiger partial charge in [0.25, 0.3) is 0 Å². The van der Waals surface area contributed by atoms with Crippen molar-refractivity contribution in [2.75, 3.05) is 13.2 Å². The van der Waals surface area contributed by atoms with Crippen LogP contribution in [0.25, 0.3) is 0 Å². The molecule has 1 aromatic rings. The smallest absolute Gasteiger partial charge is 0.119 e. The van der Waals surface area contributed by atoms with E-state index < -0.39 is 0 Å². The highest BCUT2D eigenvalue weighted by atomic mass is 16.5. The Balaban J connectivity index is 2.03. The number of hydrogen-bond acceptors (Lipinski definition) is 2. The largest absolute Gasteiger partial charge is 0.494 e. The third kappa shape index (κ3) is 6.65. The van der Waals surface area contributed by atoms with E-state index in [1.165, 1.54) is 25.7 Å². The van der Waals surface area contributed by atoms with E-state index in [1.54, 1.807) is 0 Å². The molecule has 0 spiro atoms. The zero-order valence-corrected chi connectivity index (χ0v) is 11.8. The third-order valence-electron chi connectivity index (χ3n) is 3.16. The lowest BCUT2D eigenvalue weighted by Gasteiger charge is -2.16. The van der Waals surface area contributed by atoms with Crippen LogP contribution in [0.1, 0.15) is 46.0 Å². The van der Waals surface area contributed by atoms with E-state index in [1.807, 2.05) is 30.3 Å². The SMILES string of the molecule is CCCCC(CC)NCCCOc1ccccc1. The Hall–Kier alpha value is -1.02. The maximum Gasteiger partial charge on any atom is 0.119 e. The molecule has 0 amide bonds. The molecule has 1 atom stereocenters. The highest BCUT2D eigenvalue weighted by molar-refractivity contribution is 5.20. The van der Waals surface area contributed by atoms with Gasteiger partial charge in [-0.2, -0.15) is 0 Å². The molecule has 0 saturated heterocycles. The van der Waals surface area contributed by atoms with E-state index in [0.717, 1.165) is 25.3 Å². The van der Waals surface area contributed by atoms with E-state index in [2.05, 4.69) is 19.2 Å². The van der Waals surface area contributed by atoms with Crippen molar-refractivity contribution < 1.29 is 4.74 Å². The minimum atomic E-state index is 0.682. The van der Waals surface area contributed by atoms with Crippen molar-refractivity contribution in [2.24, 2.45) is 0 Å². The monoisotopic (exact) mass is 249 g/mol. The fraction of sp³-hybridized carbons (Fsp3) is 0.625. The molecule has 1 N–H and O–H groups in total. The van der Waals surface area contributed by atoms with E-state index in [9.17, 15) is 0 Å². The minimum Gasteiger partial charge on any atom is -0.494 e. The van der Waals surface area contributed by atoms with E-state index in [-0.39, 0.29) is 0 Å². The molecule has 0 aliphatic carbocycles. The van der Waals surface area contributed by atoms with Crippen LogP contribution >= 0.6 is 0 Å². The number of rotatable bonds is 10. The number of hydrogen-bond donors (Lipinski definition) is 1. The predicted molar refractivity (Wildman–Crippen MR) is 78.2 cm³/mol. The zero-order chi connectivity index (χ0) is 13.1. The zero-order valence-electron chi connectivity index (χ0n) is 11.8. The standard InChI is InChI=1S/C16H27NO/c1-3-5-10-15(4-2)17-13-9-14-18-16-11-7-6-8-12-16/h6-8,11-12,15,17H,3-5,9-10,13-14H2,1-2H3. The highest BCUT2D eigenvalue weighted by Crippen LogP contribution is 2.08. The molecule has 1 rings (SSSR count). The molecule has 0 bridgehead atoms. The topological polar surface area (TPSA) is 21.3 Å². The van der Waals surface area contributed by atoms with Crippen LogP contribution in [0.4, 0.5) is 0 Å². The van der Waals surface area contributed by atoms with Crippen LogP contribution in [0.2, 0.25) is 0 Å². The quantitative estimate of drug-likeness (QED) is 0.632. The molecule has 1 unspecified atom stereocenters. The van der Waals surface area contributed by atoms with Crippen LogP contribution in [0.5, 0.6) is 5.75 Å². The van der Waals surface area contributed by atoms with Crippen molar-refractivity contribution in [3.05, 3.63) is 30.3 Å². The highest BCUT2D eigenvalue weighted by Gasteiger charge is 2.03. The Bertz CT molecular complexity index is 286. The number of unbranched alkanes of at least 4 members (excludes halogenated alkanes) is 1. The number of ether oxygens (including phenoxy) is 1. The molecule has 0 radical (unpaired) electrons. The summed E-state index contributed by atoms with van der Waals surface area (Å²) >= 11 is 0. The third-order valence-corrected chi connectivity index (χ3v) is 3.16. The summed E-state index contributed by atoms with van der Waals surface area (Å²) in [4.78, 5) is 0. The molecular formula is C16H27NO. The van der Waals surface area contributed by atoms with E-state index >= 15 is 0 Å². The van der Waals surface area contributed by atoms with Gasteiger partial charge in [-0.3, -0.25) is 0 Å². The van der Waals surface area contributed by atoms with Crippen LogP contribution in [0, 0.1) is 0 Å². The molecular weight excluding hydrogens is 222 g/mol. The van der Waals surface area contributed by atoms with Gasteiger partial charge in [0.05, 0.1) is 6.61 Å². The van der Waals surface area contributed by atoms with Crippen LogP contribution in [0.15, 0.2) is 30.3 Å². The van der Waals surface area contributed by atoms with Gasteiger partial charge >= 0.3 is 0 Å². The fourth-order valence-corrected chi connectivity index (χ4v) is 1.99. The van der Waals surface area contributed by atoms with Gasteiger partial charge in [0.2, 0.25) is 0 Å². The van der Waals surface area contributed by atoms with Crippen molar-refractivity contribution in [3.63, 3.8) is 0 Å². The Morgan fingerprint density at radius 3 is 2.56 bits per heavy atom. The van der Waals surface area contributed by atoms with Gasteiger partial charge < -0.3 is 10.1 Å². The second-order valence-electron chi connectivity index (χ2n) is 4.72. The molecule has 2 heteroatoms. The summed E-state index contributed by atoms with van der Waals surface area (Å²) in [5.41, 5.74) is 0. The van der Waals surface area contributed by atoms with E-state index in [4.69, 9.17) is 4.74 Å². The molecule has 0 aliphatic rings. The minimum absolute atomic E-state index is 0.682. The number of para-hydroxylation sites is 1. The second kappa shape index (κ2) is 9.95. The lowest BCUT2D eigenvalue weighted by Crippen LogP contribution is -2.30. The Morgan fingerprint density at radius 2 is 1.89 bits per heavy atom. The van der Waals surface area contributed by atoms with Crippen molar-refractivity contribution in [3.8, 4) is 5.75 Å². The summed E-state index contributed by atoms with van der Waals surface area (Å²) < 4.78 is 5.66. The summed E-state index contributed by atoms with van der Waals surface area (Å²) in [6.07, 6.45) is 6.20. The molecule has 18 heavy (non-hydrogen) atoms. The fourth-order valence-electron chi connectivity index (χ4n) is 1.99. The number of nitrogens with one attached hydrogen (secondary N) is 1. The molecule has 0 aliphatic heterocycles. The molecule has 102 valence electrons. The maximum atomic E-state index is 5.66. The molecule has 0 heterocycles. The van der Waals surface area contributed by atoms with Crippen molar-refractivity contribution >= 4 is 0 Å². The molecule has 1 aromatic carbocycles. The summed E-state index contributed by atoms with van der Waals surface area (Å²) in [6.45, 7) is 6.35. The van der Waals surface area contributed by atoms with Gasteiger partial charge in [-0.25, -0.2) is 0 Å². The average Bonchev–Trinajstić information content (AvgIpc) is 2.43. The average molecular weight is 249 g/mol. The van der Waals surface area contributed by atoms with Crippen molar-refractivity contribution in [1.29, 1.82) is 0 Å². The van der Waals surface area contributed by atoms with Gasteiger partial charge in [0.1, 0.15) is 5.75 Å². The Labute approximate surface area is 112 Å². The van der Waals surface area contributed by atoms with Crippen molar-refractivity contribution in [1.82, 2.24) is 5.32 Å². The lowest BCUT2D eigenvalue weighted by molar-refractivity contribution is 0.302. The molecule has 2 nitrogen and oxygen atoms in total. The lowest BCUT2D eigenvalue weighted by atomic mass is 10.1. The Morgan fingerprint density at radius 1 is 1.11 bits per heavy atom. The predicted octanol–water partition coefficient (Wildman–Crippen LogP) is 4.01. The van der Waals surface area contributed by atoms with Crippen LogP contribution in [-0.2, 0) is 0 Å². The van der Waals surface area contributed by atoms with Gasteiger partial charge in [-0.05, 0) is 37.9 Å². The summed E-state index contributed by atoms with van der Waals surface area (Å²) in [5.74, 6) is 0.968. The second-order valence-corrected chi connectivity index (χ2v) is 4.72. The molecule has 0 saturated carbocycles. The summed E-state index contributed by atoms with van der Waals surface area (Å²) in [6, 6.07) is 10.7. The van der Waals surface area contributed by atoms with Crippen LogP contribution < -0.4 is 10.1 Å². The number of benzene rings is 1. The Kier molecular flexibility index (Phi) is 8.32. The normalized spacial score (nSPS) is 12.3. The first-order valence-corrected chi connectivity index (χ1v) is 7.28. The van der Waals surface area contributed by atoms with Crippen molar-refractivity contribution in [2.45, 2.75) is 52.0 Å². The molecule has 0 fully saturated rings.